The molecule has 0 spiro atoms. The van der Waals surface area contributed by atoms with E-state index < -0.39 is 17.8 Å². The van der Waals surface area contributed by atoms with E-state index in [4.69, 9.17) is 0 Å². The quantitative estimate of drug-likeness (QED) is 0.807. The number of halogens is 3. The van der Waals surface area contributed by atoms with Gasteiger partial charge in [-0.2, -0.15) is 18.3 Å². The van der Waals surface area contributed by atoms with Crippen molar-refractivity contribution in [2.45, 2.75) is 12.7 Å². The maximum absolute atomic E-state index is 12.5. The number of para-hydroxylation sites is 1. The molecule has 1 aromatic carbocycles. The lowest BCUT2D eigenvalue weighted by Crippen LogP contribution is -2.20. The molecule has 0 aliphatic heterocycles. The molecule has 3 rings (SSSR count). The summed E-state index contributed by atoms with van der Waals surface area (Å²) in [4.78, 5) is 16.2. The average Bonchev–Trinajstić information content (AvgIpc) is 2.96. The van der Waals surface area contributed by atoms with Crippen LogP contribution in [0.1, 0.15) is 5.69 Å². The zero-order valence-corrected chi connectivity index (χ0v) is 11.7. The van der Waals surface area contributed by atoms with Crippen LogP contribution in [-0.2, 0) is 17.5 Å². The van der Waals surface area contributed by atoms with Gasteiger partial charge in [-0.1, -0.05) is 18.2 Å². The summed E-state index contributed by atoms with van der Waals surface area (Å²) in [6, 6.07) is 9.73. The summed E-state index contributed by atoms with van der Waals surface area (Å²) < 4.78 is 38.4. The molecular formula is C15H11F3N4O. The second-order valence-corrected chi connectivity index (χ2v) is 4.83. The topological polar surface area (TPSA) is 59.8 Å². The Hall–Kier alpha value is -2.90. The van der Waals surface area contributed by atoms with Crippen LogP contribution in [-0.4, -0.2) is 20.7 Å². The molecule has 0 radical (unpaired) electrons. The van der Waals surface area contributed by atoms with Crippen molar-refractivity contribution >= 4 is 22.5 Å². The van der Waals surface area contributed by atoms with Gasteiger partial charge in [0.1, 0.15) is 6.54 Å². The van der Waals surface area contributed by atoms with Crippen LogP contribution in [0.4, 0.5) is 18.9 Å². The number of hydrogen-bond donors (Lipinski definition) is 1. The van der Waals surface area contributed by atoms with E-state index in [1.165, 1.54) is 0 Å². The Kier molecular flexibility index (Phi) is 3.73. The Morgan fingerprint density at radius 3 is 2.70 bits per heavy atom. The van der Waals surface area contributed by atoms with Crippen molar-refractivity contribution < 1.29 is 18.0 Å². The first-order valence-electron chi connectivity index (χ1n) is 6.68. The van der Waals surface area contributed by atoms with Crippen molar-refractivity contribution in [3.05, 3.63) is 54.5 Å². The van der Waals surface area contributed by atoms with E-state index in [2.05, 4.69) is 15.4 Å². The molecule has 0 saturated carbocycles. The number of nitrogens with zero attached hydrogens (tertiary/aromatic N) is 3. The number of nitrogens with one attached hydrogen (secondary N) is 1. The van der Waals surface area contributed by atoms with Crippen molar-refractivity contribution in [2.75, 3.05) is 5.32 Å². The van der Waals surface area contributed by atoms with Crippen LogP contribution in [0.2, 0.25) is 0 Å². The molecule has 0 aliphatic rings. The maximum Gasteiger partial charge on any atom is 0.435 e. The summed E-state index contributed by atoms with van der Waals surface area (Å²) in [7, 11) is 0. The van der Waals surface area contributed by atoms with Gasteiger partial charge in [-0.15, -0.1) is 0 Å². The fourth-order valence-electron chi connectivity index (χ4n) is 2.14. The van der Waals surface area contributed by atoms with Crippen LogP contribution in [0.3, 0.4) is 0 Å². The minimum Gasteiger partial charge on any atom is -0.323 e. The molecule has 8 heteroatoms. The molecule has 5 nitrogen and oxygen atoms in total. The summed E-state index contributed by atoms with van der Waals surface area (Å²) in [5.41, 5.74) is 0.0771. The summed E-state index contributed by atoms with van der Waals surface area (Å²) in [5.74, 6) is -0.486. The van der Waals surface area contributed by atoms with E-state index in [9.17, 15) is 18.0 Å². The number of pyridine rings is 1. The Morgan fingerprint density at radius 1 is 1.17 bits per heavy atom. The first kappa shape index (κ1) is 15.0. The molecule has 118 valence electrons. The van der Waals surface area contributed by atoms with E-state index in [1.807, 2.05) is 12.1 Å². The van der Waals surface area contributed by atoms with Crippen molar-refractivity contribution in [3.8, 4) is 0 Å². The van der Waals surface area contributed by atoms with Gasteiger partial charge in [0.15, 0.2) is 5.69 Å². The number of rotatable bonds is 3. The van der Waals surface area contributed by atoms with Gasteiger partial charge < -0.3 is 5.32 Å². The monoisotopic (exact) mass is 320 g/mol. The molecule has 1 N–H and O–H groups in total. The molecule has 1 amide bonds. The Labute approximate surface area is 128 Å². The standard InChI is InChI=1S/C15H11F3N4O/c16-15(17,18)12-6-8-22(21-12)9-13(23)20-11-5-1-3-10-4-2-7-19-14(10)11/h1-8H,9H2,(H,20,23). The lowest BCUT2D eigenvalue weighted by atomic mass is 10.2. The number of carbonyl (C=O) groups is 1. The normalized spacial score (nSPS) is 11.6. The molecule has 3 aromatic rings. The van der Waals surface area contributed by atoms with Gasteiger partial charge in [-0.3, -0.25) is 14.5 Å². The summed E-state index contributed by atoms with van der Waals surface area (Å²) >= 11 is 0. The van der Waals surface area contributed by atoms with E-state index >= 15 is 0 Å². The average molecular weight is 320 g/mol. The van der Waals surface area contributed by atoms with Crippen LogP contribution in [0.15, 0.2) is 48.8 Å². The number of hydrogen-bond acceptors (Lipinski definition) is 3. The predicted molar refractivity (Wildman–Crippen MR) is 77.6 cm³/mol. The minimum atomic E-state index is -4.53. The zero-order chi connectivity index (χ0) is 16.4. The van der Waals surface area contributed by atoms with Crippen LogP contribution < -0.4 is 5.32 Å². The largest absolute Gasteiger partial charge is 0.435 e. The fourth-order valence-corrected chi connectivity index (χ4v) is 2.14. The van der Waals surface area contributed by atoms with Crippen LogP contribution in [0.25, 0.3) is 10.9 Å². The first-order chi connectivity index (χ1) is 10.9. The van der Waals surface area contributed by atoms with Crippen molar-refractivity contribution in [3.63, 3.8) is 0 Å². The predicted octanol–water partition coefficient (Wildman–Crippen LogP) is 3.09. The highest BCUT2D eigenvalue weighted by molar-refractivity contribution is 6.00. The van der Waals surface area contributed by atoms with E-state index in [1.54, 1.807) is 24.4 Å². The summed E-state index contributed by atoms with van der Waals surface area (Å²) in [6.45, 7) is -0.320. The number of carbonyl (C=O) groups excluding carboxylic acids is 1. The zero-order valence-electron chi connectivity index (χ0n) is 11.7. The summed E-state index contributed by atoms with van der Waals surface area (Å²) in [5, 5.41) is 6.83. The number of amides is 1. The maximum atomic E-state index is 12.5. The van der Waals surface area contributed by atoms with Crippen LogP contribution in [0.5, 0.6) is 0 Å². The lowest BCUT2D eigenvalue weighted by Gasteiger charge is -2.08. The molecule has 0 bridgehead atoms. The van der Waals surface area contributed by atoms with Crippen molar-refractivity contribution in [1.29, 1.82) is 0 Å². The second-order valence-electron chi connectivity index (χ2n) is 4.83. The molecule has 0 fully saturated rings. The van der Waals surface area contributed by atoms with Gasteiger partial charge in [0.05, 0.1) is 11.2 Å². The highest BCUT2D eigenvalue weighted by Gasteiger charge is 2.33. The molecule has 2 aromatic heterocycles. The fraction of sp³-hybridized carbons (Fsp3) is 0.133. The first-order valence-corrected chi connectivity index (χ1v) is 6.68. The number of fused-ring (bicyclic) bond motifs is 1. The van der Waals surface area contributed by atoms with Crippen molar-refractivity contribution in [1.82, 2.24) is 14.8 Å². The molecular weight excluding hydrogens is 309 g/mol. The van der Waals surface area contributed by atoms with Gasteiger partial charge in [-0.25, -0.2) is 0 Å². The Bertz CT molecular complexity index is 852. The van der Waals surface area contributed by atoms with E-state index in [0.29, 0.717) is 11.2 Å². The number of alkyl halides is 3. The van der Waals surface area contributed by atoms with E-state index in [0.717, 1.165) is 22.3 Å². The molecule has 0 unspecified atom stereocenters. The van der Waals surface area contributed by atoms with Gasteiger partial charge in [0, 0.05) is 17.8 Å². The third-order valence-corrected chi connectivity index (χ3v) is 3.14. The SMILES string of the molecule is O=C(Cn1ccc(C(F)(F)F)n1)Nc1cccc2cccnc12. The molecule has 2 heterocycles. The lowest BCUT2D eigenvalue weighted by molar-refractivity contribution is -0.141. The Balaban J connectivity index is 1.75. The minimum absolute atomic E-state index is 0.320. The second kappa shape index (κ2) is 5.71. The van der Waals surface area contributed by atoms with Gasteiger partial charge in [0.2, 0.25) is 5.91 Å². The summed E-state index contributed by atoms with van der Waals surface area (Å²) in [6.07, 6.45) is -1.81. The van der Waals surface area contributed by atoms with Gasteiger partial charge in [-0.05, 0) is 18.2 Å². The third kappa shape index (κ3) is 3.31. The van der Waals surface area contributed by atoms with Gasteiger partial charge >= 0.3 is 6.18 Å². The number of aromatic nitrogens is 3. The third-order valence-electron chi connectivity index (χ3n) is 3.14. The highest BCUT2D eigenvalue weighted by Crippen LogP contribution is 2.27. The number of anilines is 1. The molecule has 0 atom stereocenters. The van der Waals surface area contributed by atoms with E-state index in [-0.39, 0.29) is 6.54 Å². The molecule has 0 saturated heterocycles. The van der Waals surface area contributed by atoms with Crippen molar-refractivity contribution in [2.24, 2.45) is 0 Å². The van der Waals surface area contributed by atoms with Crippen LogP contribution >= 0.6 is 0 Å². The number of benzene rings is 1. The van der Waals surface area contributed by atoms with Gasteiger partial charge in [0.25, 0.3) is 0 Å². The Morgan fingerprint density at radius 2 is 1.96 bits per heavy atom. The molecule has 23 heavy (non-hydrogen) atoms. The highest BCUT2D eigenvalue weighted by atomic mass is 19.4. The smallest absolute Gasteiger partial charge is 0.323 e. The molecule has 0 aliphatic carbocycles. The van der Waals surface area contributed by atoms with Crippen LogP contribution in [0, 0.1) is 0 Å².